The van der Waals surface area contributed by atoms with Crippen molar-refractivity contribution in [1.29, 1.82) is 0 Å². The van der Waals surface area contributed by atoms with E-state index in [1.807, 2.05) is 31.2 Å². The quantitative estimate of drug-likeness (QED) is 0.776. The molecule has 1 aromatic carbocycles. The SMILES string of the molecule is COCC(CN)(C(=O)OC)c1ccccc1C. The maximum atomic E-state index is 12.0. The van der Waals surface area contributed by atoms with E-state index in [-0.39, 0.29) is 19.1 Å². The van der Waals surface area contributed by atoms with Crippen molar-refractivity contribution in [3.63, 3.8) is 0 Å². The van der Waals surface area contributed by atoms with E-state index >= 15 is 0 Å². The van der Waals surface area contributed by atoms with E-state index < -0.39 is 5.41 Å². The van der Waals surface area contributed by atoms with Crippen LogP contribution >= 0.6 is 0 Å². The van der Waals surface area contributed by atoms with Crippen LogP contribution in [0.4, 0.5) is 0 Å². The molecule has 0 aliphatic heterocycles. The predicted octanol–water partition coefficient (Wildman–Crippen LogP) is 1.01. The van der Waals surface area contributed by atoms with Crippen LogP contribution in [0, 0.1) is 6.92 Å². The first kappa shape index (κ1) is 13.7. The lowest BCUT2D eigenvalue weighted by atomic mass is 9.79. The molecule has 0 bridgehead atoms. The van der Waals surface area contributed by atoms with E-state index in [0.717, 1.165) is 11.1 Å². The average molecular weight is 237 g/mol. The van der Waals surface area contributed by atoms with Crippen molar-refractivity contribution in [2.75, 3.05) is 27.4 Å². The summed E-state index contributed by atoms with van der Waals surface area (Å²) in [5.74, 6) is -0.365. The minimum atomic E-state index is -0.922. The molecule has 0 aliphatic carbocycles. The van der Waals surface area contributed by atoms with Gasteiger partial charge in [0.2, 0.25) is 0 Å². The second-order valence-electron chi connectivity index (χ2n) is 4.03. The topological polar surface area (TPSA) is 61.5 Å². The fraction of sp³-hybridized carbons (Fsp3) is 0.462. The lowest BCUT2D eigenvalue weighted by molar-refractivity contribution is -0.149. The summed E-state index contributed by atoms with van der Waals surface area (Å²) in [6.07, 6.45) is 0. The molecule has 0 amide bonds. The summed E-state index contributed by atoms with van der Waals surface area (Å²) in [4.78, 5) is 12.0. The molecule has 1 atom stereocenters. The molecule has 4 nitrogen and oxygen atoms in total. The highest BCUT2D eigenvalue weighted by Gasteiger charge is 2.41. The van der Waals surface area contributed by atoms with Crippen LogP contribution in [0.5, 0.6) is 0 Å². The van der Waals surface area contributed by atoms with E-state index in [1.165, 1.54) is 7.11 Å². The van der Waals surface area contributed by atoms with Crippen molar-refractivity contribution in [3.8, 4) is 0 Å². The number of methoxy groups -OCH3 is 2. The highest BCUT2D eigenvalue weighted by Crippen LogP contribution is 2.28. The summed E-state index contributed by atoms with van der Waals surface area (Å²) < 4.78 is 10.0. The third-order valence-corrected chi connectivity index (χ3v) is 2.98. The molecular weight excluding hydrogens is 218 g/mol. The van der Waals surface area contributed by atoms with Crippen molar-refractivity contribution >= 4 is 5.97 Å². The van der Waals surface area contributed by atoms with Crippen LogP contribution in [0.3, 0.4) is 0 Å². The molecule has 0 heterocycles. The van der Waals surface area contributed by atoms with Gasteiger partial charge in [0.15, 0.2) is 0 Å². The smallest absolute Gasteiger partial charge is 0.319 e. The normalized spacial score (nSPS) is 14.1. The highest BCUT2D eigenvalue weighted by molar-refractivity contribution is 5.84. The highest BCUT2D eigenvalue weighted by atomic mass is 16.5. The summed E-state index contributed by atoms with van der Waals surface area (Å²) >= 11 is 0. The number of carbonyl (C=O) groups is 1. The van der Waals surface area contributed by atoms with E-state index in [0.29, 0.717) is 0 Å². The standard InChI is InChI=1S/C13H19NO3/c1-10-6-4-5-7-11(10)13(8-14,9-16-2)12(15)17-3/h4-7H,8-9,14H2,1-3H3. The van der Waals surface area contributed by atoms with Crippen molar-refractivity contribution in [2.45, 2.75) is 12.3 Å². The number of benzene rings is 1. The second-order valence-corrected chi connectivity index (χ2v) is 4.03. The largest absolute Gasteiger partial charge is 0.468 e. The number of aryl methyl sites for hydroxylation is 1. The van der Waals surface area contributed by atoms with Gasteiger partial charge >= 0.3 is 5.97 Å². The Kier molecular flexibility index (Phi) is 4.66. The van der Waals surface area contributed by atoms with Gasteiger partial charge in [-0.15, -0.1) is 0 Å². The van der Waals surface area contributed by atoms with Gasteiger partial charge in [-0.2, -0.15) is 0 Å². The van der Waals surface area contributed by atoms with Crippen LogP contribution in [-0.4, -0.2) is 33.3 Å². The number of hydrogen-bond acceptors (Lipinski definition) is 4. The molecule has 0 saturated carbocycles. The fourth-order valence-corrected chi connectivity index (χ4v) is 2.05. The summed E-state index contributed by atoms with van der Waals surface area (Å²) in [6.45, 7) is 2.30. The maximum absolute atomic E-state index is 12.0. The first-order valence-corrected chi connectivity index (χ1v) is 5.46. The molecule has 1 aromatic rings. The van der Waals surface area contributed by atoms with Gasteiger partial charge in [0.25, 0.3) is 0 Å². The molecule has 4 heteroatoms. The minimum absolute atomic E-state index is 0.151. The number of ether oxygens (including phenoxy) is 2. The van der Waals surface area contributed by atoms with Crippen LogP contribution < -0.4 is 5.73 Å². The molecule has 0 fully saturated rings. The molecular formula is C13H19NO3. The van der Waals surface area contributed by atoms with Crippen molar-refractivity contribution in [1.82, 2.24) is 0 Å². The Morgan fingerprint density at radius 1 is 1.35 bits per heavy atom. The van der Waals surface area contributed by atoms with Crippen LogP contribution in [0.15, 0.2) is 24.3 Å². The van der Waals surface area contributed by atoms with E-state index in [9.17, 15) is 4.79 Å². The fourth-order valence-electron chi connectivity index (χ4n) is 2.05. The lowest BCUT2D eigenvalue weighted by Gasteiger charge is -2.30. The third kappa shape index (κ3) is 2.48. The summed E-state index contributed by atoms with van der Waals surface area (Å²) in [6, 6.07) is 7.63. The van der Waals surface area contributed by atoms with Gasteiger partial charge < -0.3 is 15.2 Å². The van der Waals surface area contributed by atoms with Crippen molar-refractivity contribution < 1.29 is 14.3 Å². The molecule has 1 unspecified atom stereocenters. The molecule has 0 radical (unpaired) electrons. The zero-order valence-corrected chi connectivity index (χ0v) is 10.5. The first-order chi connectivity index (χ1) is 8.12. The first-order valence-electron chi connectivity index (χ1n) is 5.46. The zero-order valence-electron chi connectivity index (χ0n) is 10.5. The lowest BCUT2D eigenvalue weighted by Crippen LogP contribution is -2.48. The van der Waals surface area contributed by atoms with Crippen molar-refractivity contribution in [3.05, 3.63) is 35.4 Å². The molecule has 0 spiro atoms. The molecule has 0 aliphatic rings. The molecule has 1 rings (SSSR count). The molecule has 0 saturated heterocycles. The number of esters is 1. The monoisotopic (exact) mass is 237 g/mol. The number of nitrogens with two attached hydrogens (primary N) is 1. The molecule has 2 N–H and O–H groups in total. The zero-order chi connectivity index (χ0) is 12.9. The summed E-state index contributed by atoms with van der Waals surface area (Å²) in [7, 11) is 2.91. The maximum Gasteiger partial charge on any atom is 0.319 e. The van der Waals surface area contributed by atoms with Crippen molar-refractivity contribution in [2.24, 2.45) is 5.73 Å². The Balaban J connectivity index is 3.31. The van der Waals surface area contributed by atoms with E-state index in [1.54, 1.807) is 7.11 Å². The van der Waals surface area contributed by atoms with Gasteiger partial charge in [0.1, 0.15) is 5.41 Å². The van der Waals surface area contributed by atoms with Gasteiger partial charge in [-0.05, 0) is 18.1 Å². The Labute approximate surface area is 102 Å². The summed E-state index contributed by atoms with van der Waals surface area (Å²) in [5, 5.41) is 0. The number of rotatable bonds is 5. The van der Waals surface area contributed by atoms with Gasteiger partial charge in [-0.1, -0.05) is 24.3 Å². The second kappa shape index (κ2) is 5.80. The van der Waals surface area contributed by atoms with Crippen LogP contribution in [-0.2, 0) is 19.7 Å². The van der Waals surface area contributed by atoms with Crippen LogP contribution in [0.25, 0.3) is 0 Å². The Morgan fingerprint density at radius 3 is 2.47 bits per heavy atom. The average Bonchev–Trinajstić information content (AvgIpc) is 2.36. The third-order valence-electron chi connectivity index (χ3n) is 2.98. The Hall–Kier alpha value is -1.39. The van der Waals surface area contributed by atoms with Gasteiger partial charge in [0.05, 0.1) is 13.7 Å². The van der Waals surface area contributed by atoms with E-state index in [4.69, 9.17) is 15.2 Å². The van der Waals surface area contributed by atoms with Crippen LogP contribution in [0.1, 0.15) is 11.1 Å². The van der Waals surface area contributed by atoms with Gasteiger partial charge in [-0.3, -0.25) is 4.79 Å². The Bertz CT molecular complexity index is 392. The molecule has 0 aromatic heterocycles. The number of carbonyl (C=O) groups excluding carboxylic acids is 1. The van der Waals surface area contributed by atoms with E-state index in [2.05, 4.69) is 0 Å². The Morgan fingerprint density at radius 2 is 2.00 bits per heavy atom. The van der Waals surface area contributed by atoms with Gasteiger partial charge in [0, 0.05) is 13.7 Å². The molecule has 17 heavy (non-hydrogen) atoms. The summed E-state index contributed by atoms with van der Waals surface area (Å²) in [5.41, 5.74) is 6.73. The van der Waals surface area contributed by atoms with Crippen LogP contribution in [0.2, 0.25) is 0 Å². The minimum Gasteiger partial charge on any atom is -0.468 e. The predicted molar refractivity (Wildman–Crippen MR) is 65.8 cm³/mol. The number of hydrogen-bond donors (Lipinski definition) is 1. The van der Waals surface area contributed by atoms with Gasteiger partial charge in [-0.25, -0.2) is 0 Å². The molecule has 94 valence electrons.